The summed E-state index contributed by atoms with van der Waals surface area (Å²) >= 11 is 0. The summed E-state index contributed by atoms with van der Waals surface area (Å²) in [4.78, 5) is 0. The van der Waals surface area contributed by atoms with Crippen molar-refractivity contribution < 1.29 is 0 Å². The molecule has 0 amide bonds. The van der Waals surface area contributed by atoms with Gasteiger partial charge in [0.2, 0.25) is 0 Å². The Morgan fingerprint density at radius 3 is 1.62 bits per heavy atom. The van der Waals surface area contributed by atoms with Crippen molar-refractivity contribution in [2.45, 2.75) is 20.8 Å². The van der Waals surface area contributed by atoms with Gasteiger partial charge in [-0.05, 0) is 81.8 Å². The van der Waals surface area contributed by atoms with Crippen molar-refractivity contribution in [1.82, 2.24) is 0 Å². The second-order valence-corrected chi connectivity index (χ2v) is 9.81. The van der Waals surface area contributed by atoms with E-state index in [1.807, 2.05) is 0 Å². The lowest BCUT2D eigenvalue weighted by Gasteiger charge is -2.16. The average Bonchev–Trinajstić information content (AvgIpc) is 2.92. The molecule has 0 N–H and O–H groups in total. The van der Waals surface area contributed by atoms with Gasteiger partial charge in [-0.25, -0.2) is 0 Å². The largest absolute Gasteiger partial charge is 0.0622 e. The number of fused-ring (bicyclic) bond motifs is 2. The molecule has 0 atom stereocenters. The van der Waals surface area contributed by atoms with E-state index in [1.165, 1.54) is 60.5 Å². The topological polar surface area (TPSA) is 0 Å². The molecule has 0 aliphatic carbocycles. The van der Waals surface area contributed by atoms with E-state index in [4.69, 9.17) is 0 Å². The molecule has 176 valence electrons. The van der Waals surface area contributed by atoms with Gasteiger partial charge in [0.15, 0.2) is 0 Å². The van der Waals surface area contributed by atoms with E-state index >= 15 is 0 Å². The number of benzene rings is 6. The molecule has 0 saturated heterocycles. The van der Waals surface area contributed by atoms with Crippen LogP contribution in [0.2, 0.25) is 0 Å². The molecule has 0 fully saturated rings. The SMILES string of the molecule is Cc1cc(C)c(C#Cc2c3ccccc3c(-c3ccccc3)c3ccc(-c4ccccc4)cc23)c(C)c1. The maximum atomic E-state index is 3.66. The molecule has 37 heavy (non-hydrogen) atoms. The van der Waals surface area contributed by atoms with Crippen LogP contribution in [-0.2, 0) is 0 Å². The van der Waals surface area contributed by atoms with Crippen molar-refractivity contribution in [3.8, 4) is 34.1 Å². The van der Waals surface area contributed by atoms with Gasteiger partial charge in [0.25, 0.3) is 0 Å². The van der Waals surface area contributed by atoms with Gasteiger partial charge in [-0.15, -0.1) is 0 Å². The Bertz CT molecular complexity index is 1810. The van der Waals surface area contributed by atoms with Crippen molar-refractivity contribution in [3.63, 3.8) is 0 Å². The summed E-state index contributed by atoms with van der Waals surface area (Å²) in [6.07, 6.45) is 0. The van der Waals surface area contributed by atoms with Crippen LogP contribution in [0.5, 0.6) is 0 Å². The van der Waals surface area contributed by atoms with Gasteiger partial charge in [0.05, 0.1) is 0 Å². The van der Waals surface area contributed by atoms with E-state index in [2.05, 4.69) is 148 Å². The predicted octanol–water partition coefficient (Wildman–Crippen LogP) is 9.65. The highest BCUT2D eigenvalue weighted by Gasteiger charge is 2.15. The second-order valence-electron chi connectivity index (χ2n) is 9.81. The minimum atomic E-state index is 1.09. The first kappa shape index (κ1) is 22.8. The number of rotatable bonds is 2. The maximum Gasteiger partial charge on any atom is 0.0406 e. The smallest absolute Gasteiger partial charge is 0.0406 e. The molecule has 0 aromatic heterocycles. The van der Waals surface area contributed by atoms with Gasteiger partial charge in [0.1, 0.15) is 0 Å². The third-order valence-electron chi connectivity index (χ3n) is 7.18. The highest BCUT2D eigenvalue weighted by atomic mass is 14.2. The molecule has 0 heteroatoms. The third kappa shape index (κ3) is 4.20. The predicted molar refractivity (Wildman–Crippen MR) is 159 cm³/mol. The van der Waals surface area contributed by atoms with Crippen molar-refractivity contribution in [1.29, 1.82) is 0 Å². The molecule has 0 spiro atoms. The zero-order chi connectivity index (χ0) is 25.4. The fourth-order valence-electron chi connectivity index (χ4n) is 5.54. The summed E-state index contributed by atoms with van der Waals surface area (Å²) < 4.78 is 0. The van der Waals surface area contributed by atoms with Crippen LogP contribution < -0.4 is 0 Å². The van der Waals surface area contributed by atoms with Crippen molar-refractivity contribution >= 4 is 21.5 Å². The average molecular weight is 473 g/mol. The molecule has 0 heterocycles. The van der Waals surface area contributed by atoms with E-state index in [-0.39, 0.29) is 0 Å². The van der Waals surface area contributed by atoms with Crippen LogP contribution in [0.1, 0.15) is 27.8 Å². The standard InChI is InChI=1S/C37H28/c1-25-22-26(2)31(27(3)23-25)20-21-33-32-16-10-11-17-34(32)37(29-14-8-5-9-15-29)35-19-18-30(24-36(33)35)28-12-6-4-7-13-28/h4-19,22-24H,1-3H3. The first-order valence-electron chi connectivity index (χ1n) is 12.8. The van der Waals surface area contributed by atoms with Crippen LogP contribution in [0, 0.1) is 32.6 Å². The van der Waals surface area contributed by atoms with E-state index in [1.54, 1.807) is 0 Å². The Balaban J connectivity index is 1.72. The number of aryl methyl sites for hydroxylation is 3. The molecule has 0 saturated carbocycles. The summed E-state index contributed by atoms with van der Waals surface area (Å²) in [5.74, 6) is 7.23. The molecule has 0 aliphatic heterocycles. The van der Waals surface area contributed by atoms with Crippen LogP contribution in [0.4, 0.5) is 0 Å². The van der Waals surface area contributed by atoms with Crippen molar-refractivity contribution in [2.24, 2.45) is 0 Å². The highest BCUT2D eigenvalue weighted by molar-refractivity contribution is 6.17. The van der Waals surface area contributed by atoms with Crippen LogP contribution in [0.3, 0.4) is 0 Å². The lowest BCUT2D eigenvalue weighted by Crippen LogP contribution is -1.93. The van der Waals surface area contributed by atoms with Gasteiger partial charge >= 0.3 is 0 Å². The molecule has 0 radical (unpaired) electrons. The van der Waals surface area contributed by atoms with Crippen LogP contribution in [-0.4, -0.2) is 0 Å². The third-order valence-corrected chi connectivity index (χ3v) is 7.18. The van der Waals surface area contributed by atoms with E-state index < -0.39 is 0 Å². The Kier molecular flexibility index (Phi) is 5.84. The minimum Gasteiger partial charge on any atom is -0.0622 e. The molecule has 0 aliphatic rings. The normalized spacial score (nSPS) is 10.9. The monoisotopic (exact) mass is 472 g/mol. The Morgan fingerprint density at radius 1 is 0.405 bits per heavy atom. The molecular formula is C37H28. The molecule has 6 aromatic carbocycles. The van der Waals surface area contributed by atoms with Crippen molar-refractivity contribution in [3.05, 3.63) is 143 Å². The minimum absolute atomic E-state index is 1.09. The summed E-state index contributed by atoms with van der Waals surface area (Å²) in [6.45, 7) is 6.46. The Morgan fingerprint density at radius 2 is 0.946 bits per heavy atom. The van der Waals surface area contributed by atoms with E-state index in [0.717, 1.165) is 11.1 Å². The van der Waals surface area contributed by atoms with Crippen LogP contribution in [0.25, 0.3) is 43.8 Å². The fourth-order valence-corrected chi connectivity index (χ4v) is 5.54. The molecule has 0 bridgehead atoms. The quantitative estimate of drug-likeness (QED) is 0.174. The number of hydrogen-bond acceptors (Lipinski definition) is 0. The zero-order valence-corrected chi connectivity index (χ0v) is 21.5. The fraction of sp³-hybridized carbons (Fsp3) is 0.0811. The first-order valence-corrected chi connectivity index (χ1v) is 12.8. The summed E-state index contributed by atoms with van der Waals surface area (Å²) in [7, 11) is 0. The number of hydrogen-bond donors (Lipinski definition) is 0. The second kappa shape index (κ2) is 9.45. The van der Waals surface area contributed by atoms with Gasteiger partial charge in [-0.2, -0.15) is 0 Å². The van der Waals surface area contributed by atoms with Crippen LogP contribution >= 0.6 is 0 Å². The molecule has 0 unspecified atom stereocenters. The van der Waals surface area contributed by atoms with Gasteiger partial charge in [-0.3, -0.25) is 0 Å². The van der Waals surface area contributed by atoms with Crippen molar-refractivity contribution in [2.75, 3.05) is 0 Å². The Labute approximate surface area is 219 Å². The lowest BCUT2D eigenvalue weighted by atomic mass is 9.87. The lowest BCUT2D eigenvalue weighted by molar-refractivity contribution is 1.30. The maximum absolute atomic E-state index is 3.66. The molecule has 6 rings (SSSR count). The highest BCUT2D eigenvalue weighted by Crippen LogP contribution is 2.40. The van der Waals surface area contributed by atoms with Gasteiger partial charge < -0.3 is 0 Å². The molecule has 0 nitrogen and oxygen atoms in total. The van der Waals surface area contributed by atoms with E-state index in [0.29, 0.717) is 0 Å². The van der Waals surface area contributed by atoms with Gasteiger partial charge in [0, 0.05) is 11.1 Å². The summed E-state index contributed by atoms with van der Waals surface area (Å²) in [5, 5.41) is 4.84. The summed E-state index contributed by atoms with van der Waals surface area (Å²) in [5.41, 5.74) is 10.8. The molecular weight excluding hydrogens is 444 g/mol. The zero-order valence-electron chi connectivity index (χ0n) is 21.5. The first-order chi connectivity index (χ1) is 18.1. The van der Waals surface area contributed by atoms with Gasteiger partial charge in [-0.1, -0.05) is 127 Å². The summed E-state index contributed by atoms with van der Waals surface area (Å²) in [6, 6.07) is 41.3. The molecule has 6 aromatic rings. The van der Waals surface area contributed by atoms with Crippen LogP contribution in [0.15, 0.2) is 115 Å². The van der Waals surface area contributed by atoms with E-state index in [9.17, 15) is 0 Å². The Hall–Kier alpha value is -4.60.